The van der Waals surface area contributed by atoms with Gasteiger partial charge >= 0.3 is 0 Å². The highest BCUT2D eigenvalue weighted by Gasteiger charge is 2.08. The Morgan fingerprint density at radius 2 is 1.65 bits per heavy atom. The number of rotatable bonds is 3. The summed E-state index contributed by atoms with van der Waals surface area (Å²) in [7, 11) is 0. The molecule has 0 fully saturated rings. The van der Waals surface area contributed by atoms with E-state index in [0.717, 1.165) is 29.5 Å². The molecule has 0 aromatic heterocycles. The summed E-state index contributed by atoms with van der Waals surface area (Å²) in [6.07, 6.45) is 1.84. The minimum absolute atomic E-state index is 0.256. The summed E-state index contributed by atoms with van der Waals surface area (Å²) in [5.74, 6) is 0.600. The molecule has 0 amide bonds. The zero-order valence-corrected chi connectivity index (χ0v) is 9.85. The molecule has 0 aliphatic rings. The molecule has 2 N–H and O–H groups in total. The highest BCUT2D eigenvalue weighted by Crippen LogP contribution is 2.31. The van der Waals surface area contributed by atoms with E-state index in [9.17, 15) is 10.2 Å². The van der Waals surface area contributed by atoms with E-state index in [-0.39, 0.29) is 5.75 Å². The quantitative estimate of drug-likeness (QED) is 0.840. The molecule has 2 aromatic carbocycles. The van der Waals surface area contributed by atoms with Crippen LogP contribution in [0.1, 0.15) is 18.9 Å². The third-order valence-electron chi connectivity index (χ3n) is 2.83. The molecule has 17 heavy (non-hydrogen) atoms. The van der Waals surface area contributed by atoms with Gasteiger partial charge in [0.2, 0.25) is 0 Å². The fourth-order valence-electron chi connectivity index (χ4n) is 2.00. The predicted octanol–water partition coefficient (Wildman–Crippen LogP) is 3.72. The molecule has 2 nitrogen and oxygen atoms in total. The van der Waals surface area contributed by atoms with Crippen LogP contribution in [-0.4, -0.2) is 10.2 Å². The van der Waals surface area contributed by atoms with Crippen molar-refractivity contribution in [2.75, 3.05) is 0 Å². The molecule has 0 saturated heterocycles. The highest BCUT2D eigenvalue weighted by atomic mass is 16.3. The van der Waals surface area contributed by atoms with Crippen molar-refractivity contribution < 1.29 is 10.2 Å². The standard InChI is InChI=1S/C15H16O2/c1-2-4-14-13(5-3-6-15(14)17)11-7-9-12(16)10-8-11/h3,5-10,16-17H,2,4H2,1H3. The first-order valence-electron chi connectivity index (χ1n) is 5.82. The second-order valence-corrected chi connectivity index (χ2v) is 4.10. The van der Waals surface area contributed by atoms with Gasteiger partial charge in [-0.2, -0.15) is 0 Å². The van der Waals surface area contributed by atoms with Gasteiger partial charge in [-0.15, -0.1) is 0 Å². The van der Waals surface area contributed by atoms with Gasteiger partial charge in [-0.05, 0) is 35.7 Å². The van der Waals surface area contributed by atoms with Crippen LogP contribution in [0.3, 0.4) is 0 Å². The third-order valence-corrected chi connectivity index (χ3v) is 2.83. The maximum absolute atomic E-state index is 9.89. The Labute approximate surface area is 101 Å². The molecular formula is C15H16O2. The van der Waals surface area contributed by atoms with Gasteiger partial charge in [0.1, 0.15) is 11.5 Å². The van der Waals surface area contributed by atoms with Crippen LogP contribution >= 0.6 is 0 Å². The van der Waals surface area contributed by atoms with Crippen molar-refractivity contribution in [3.05, 3.63) is 48.0 Å². The fourth-order valence-corrected chi connectivity index (χ4v) is 2.00. The number of hydrogen-bond donors (Lipinski definition) is 2. The summed E-state index contributed by atoms with van der Waals surface area (Å²) in [5.41, 5.74) is 3.02. The minimum atomic E-state index is 0.256. The SMILES string of the molecule is CCCc1c(O)cccc1-c1ccc(O)cc1. The minimum Gasteiger partial charge on any atom is -0.508 e. The van der Waals surface area contributed by atoms with Gasteiger partial charge in [-0.3, -0.25) is 0 Å². The van der Waals surface area contributed by atoms with E-state index in [2.05, 4.69) is 6.92 Å². The average molecular weight is 228 g/mol. The van der Waals surface area contributed by atoms with Crippen LogP contribution in [-0.2, 0) is 6.42 Å². The van der Waals surface area contributed by atoms with E-state index in [0.29, 0.717) is 5.75 Å². The summed E-state index contributed by atoms with van der Waals surface area (Å²) in [5, 5.41) is 19.2. The molecule has 0 unspecified atom stereocenters. The molecule has 0 heterocycles. The predicted molar refractivity (Wildman–Crippen MR) is 69.2 cm³/mol. The summed E-state index contributed by atoms with van der Waals surface area (Å²) >= 11 is 0. The molecule has 0 radical (unpaired) electrons. The van der Waals surface area contributed by atoms with E-state index in [1.165, 1.54) is 0 Å². The van der Waals surface area contributed by atoms with Gasteiger partial charge in [0.05, 0.1) is 0 Å². The maximum Gasteiger partial charge on any atom is 0.119 e. The number of phenolic OH excluding ortho intramolecular Hbond substituents is 2. The van der Waals surface area contributed by atoms with Gasteiger partial charge in [0.15, 0.2) is 0 Å². The van der Waals surface area contributed by atoms with Gasteiger partial charge < -0.3 is 10.2 Å². The lowest BCUT2D eigenvalue weighted by Crippen LogP contribution is -1.90. The van der Waals surface area contributed by atoms with E-state index in [4.69, 9.17) is 0 Å². The Morgan fingerprint density at radius 3 is 2.29 bits per heavy atom. The highest BCUT2D eigenvalue weighted by molar-refractivity contribution is 5.70. The molecule has 0 aliphatic heterocycles. The lowest BCUT2D eigenvalue weighted by atomic mass is 9.96. The number of benzene rings is 2. The largest absolute Gasteiger partial charge is 0.508 e. The van der Waals surface area contributed by atoms with Crippen LogP contribution in [0.5, 0.6) is 11.5 Å². The summed E-state index contributed by atoms with van der Waals surface area (Å²) in [4.78, 5) is 0. The molecule has 2 heteroatoms. The van der Waals surface area contributed by atoms with Crippen molar-refractivity contribution in [3.8, 4) is 22.6 Å². The second-order valence-electron chi connectivity index (χ2n) is 4.10. The second kappa shape index (κ2) is 4.91. The van der Waals surface area contributed by atoms with E-state index >= 15 is 0 Å². The van der Waals surface area contributed by atoms with Crippen molar-refractivity contribution in [3.63, 3.8) is 0 Å². The van der Waals surface area contributed by atoms with E-state index < -0.39 is 0 Å². The molecule has 2 aromatic rings. The zero-order chi connectivity index (χ0) is 12.3. The van der Waals surface area contributed by atoms with E-state index in [1.807, 2.05) is 24.3 Å². The van der Waals surface area contributed by atoms with Crippen LogP contribution in [0.25, 0.3) is 11.1 Å². The Balaban J connectivity index is 2.50. The first kappa shape index (κ1) is 11.5. The summed E-state index contributed by atoms with van der Waals surface area (Å²) < 4.78 is 0. The molecule has 0 atom stereocenters. The molecule has 0 aliphatic carbocycles. The molecule has 0 bridgehead atoms. The van der Waals surface area contributed by atoms with Crippen LogP contribution in [0.15, 0.2) is 42.5 Å². The Kier molecular flexibility index (Phi) is 3.33. The maximum atomic E-state index is 9.89. The normalized spacial score (nSPS) is 10.4. The molecule has 0 saturated carbocycles. The first-order chi connectivity index (χ1) is 8.22. The zero-order valence-electron chi connectivity index (χ0n) is 9.85. The van der Waals surface area contributed by atoms with Crippen molar-refractivity contribution in [2.24, 2.45) is 0 Å². The number of aromatic hydroxyl groups is 2. The lowest BCUT2D eigenvalue weighted by Gasteiger charge is -2.11. The van der Waals surface area contributed by atoms with Gasteiger partial charge in [0, 0.05) is 5.56 Å². The van der Waals surface area contributed by atoms with Crippen LogP contribution in [0.2, 0.25) is 0 Å². The topological polar surface area (TPSA) is 40.5 Å². The lowest BCUT2D eigenvalue weighted by molar-refractivity contribution is 0.468. The van der Waals surface area contributed by atoms with Crippen LogP contribution in [0.4, 0.5) is 0 Å². The Morgan fingerprint density at radius 1 is 0.941 bits per heavy atom. The van der Waals surface area contributed by atoms with Gasteiger partial charge in [-0.25, -0.2) is 0 Å². The first-order valence-corrected chi connectivity index (χ1v) is 5.82. The monoisotopic (exact) mass is 228 g/mol. The molecule has 0 spiro atoms. The van der Waals surface area contributed by atoms with Crippen molar-refractivity contribution in [1.29, 1.82) is 0 Å². The Hall–Kier alpha value is -1.96. The molecular weight excluding hydrogens is 212 g/mol. The van der Waals surface area contributed by atoms with Crippen molar-refractivity contribution in [2.45, 2.75) is 19.8 Å². The van der Waals surface area contributed by atoms with Gasteiger partial charge in [0.25, 0.3) is 0 Å². The van der Waals surface area contributed by atoms with Crippen LogP contribution < -0.4 is 0 Å². The average Bonchev–Trinajstić information content (AvgIpc) is 2.33. The fraction of sp³-hybridized carbons (Fsp3) is 0.200. The molecule has 2 rings (SSSR count). The number of phenols is 2. The third kappa shape index (κ3) is 2.41. The van der Waals surface area contributed by atoms with Gasteiger partial charge in [-0.1, -0.05) is 37.6 Å². The van der Waals surface area contributed by atoms with Crippen LogP contribution in [0, 0.1) is 0 Å². The van der Waals surface area contributed by atoms with Crippen molar-refractivity contribution in [1.82, 2.24) is 0 Å². The number of hydrogen-bond acceptors (Lipinski definition) is 2. The Bertz CT molecular complexity index is 501. The van der Waals surface area contributed by atoms with Crippen molar-refractivity contribution >= 4 is 0 Å². The molecule has 88 valence electrons. The van der Waals surface area contributed by atoms with E-state index in [1.54, 1.807) is 18.2 Å². The smallest absolute Gasteiger partial charge is 0.119 e. The summed E-state index contributed by atoms with van der Waals surface area (Å²) in [6, 6.07) is 12.6. The summed E-state index contributed by atoms with van der Waals surface area (Å²) in [6.45, 7) is 2.09.